The van der Waals surface area contributed by atoms with Crippen molar-refractivity contribution < 1.29 is 13.9 Å². The zero-order chi connectivity index (χ0) is 20.5. The van der Waals surface area contributed by atoms with Gasteiger partial charge in [0.25, 0.3) is 0 Å². The van der Waals surface area contributed by atoms with Crippen molar-refractivity contribution in [2.24, 2.45) is 4.99 Å². The molecule has 1 fully saturated rings. The van der Waals surface area contributed by atoms with Crippen molar-refractivity contribution >= 4 is 5.96 Å². The predicted octanol–water partition coefficient (Wildman–Crippen LogP) is 3.73. The Hall–Kier alpha value is -2.44. The summed E-state index contributed by atoms with van der Waals surface area (Å²) >= 11 is 0. The van der Waals surface area contributed by atoms with Gasteiger partial charge in [0.1, 0.15) is 5.82 Å². The summed E-state index contributed by atoms with van der Waals surface area (Å²) in [6, 6.07) is 15.1. The Balaban J connectivity index is 1.46. The summed E-state index contributed by atoms with van der Waals surface area (Å²) in [7, 11) is 3.69. The van der Waals surface area contributed by atoms with Crippen LogP contribution in [0.2, 0.25) is 0 Å². The minimum atomic E-state index is -0.222. The van der Waals surface area contributed by atoms with Crippen molar-refractivity contribution in [1.29, 1.82) is 0 Å². The van der Waals surface area contributed by atoms with Crippen LogP contribution in [0.4, 0.5) is 4.39 Å². The maximum Gasteiger partial charge on any atom is 0.193 e. The molecule has 3 rings (SSSR count). The van der Waals surface area contributed by atoms with Crippen molar-refractivity contribution in [3.8, 4) is 0 Å². The lowest BCUT2D eigenvalue weighted by Crippen LogP contribution is -2.38. The van der Waals surface area contributed by atoms with E-state index in [2.05, 4.69) is 34.6 Å². The summed E-state index contributed by atoms with van der Waals surface area (Å²) in [6.07, 6.45) is 2.26. The van der Waals surface area contributed by atoms with Gasteiger partial charge in [0.05, 0.1) is 12.7 Å². The van der Waals surface area contributed by atoms with E-state index in [0.29, 0.717) is 25.8 Å². The topological polar surface area (TPSA) is 46.1 Å². The van der Waals surface area contributed by atoms with Gasteiger partial charge in [-0.25, -0.2) is 4.39 Å². The summed E-state index contributed by atoms with van der Waals surface area (Å²) in [5.74, 6) is 0.543. The number of hydrogen-bond acceptors (Lipinski definition) is 3. The van der Waals surface area contributed by atoms with Crippen molar-refractivity contribution in [1.82, 2.24) is 10.2 Å². The molecule has 1 aliphatic rings. The van der Waals surface area contributed by atoms with Gasteiger partial charge in [-0.1, -0.05) is 36.4 Å². The molecule has 0 saturated carbocycles. The minimum Gasteiger partial charge on any atom is -0.381 e. The number of nitrogens with one attached hydrogen (secondary N) is 1. The second-order valence-corrected chi connectivity index (χ2v) is 7.33. The van der Waals surface area contributed by atoms with E-state index < -0.39 is 0 Å². The van der Waals surface area contributed by atoms with E-state index in [1.165, 1.54) is 17.2 Å². The van der Waals surface area contributed by atoms with Crippen molar-refractivity contribution in [3.63, 3.8) is 0 Å². The van der Waals surface area contributed by atoms with E-state index in [-0.39, 0.29) is 5.82 Å². The highest BCUT2D eigenvalue weighted by molar-refractivity contribution is 5.79. The fourth-order valence-corrected chi connectivity index (χ4v) is 3.36. The SMILES string of the molecule is CN=C(NCc1ccc(COC2CCOCC2)cc1)N(C)Cc1cccc(F)c1. The monoisotopic (exact) mass is 399 g/mol. The van der Waals surface area contributed by atoms with Gasteiger partial charge in [-0.05, 0) is 41.7 Å². The fourth-order valence-electron chi connectivity index (χ4n) is 3.36. The number of nitrogens with zero attached hydrogens (tertiary/aromatic N) is 2. The third-order valence-corrected chi connectivity index (χ3v) is 5.01. The lowest BCUT2D eigenvalue weighted by atomic mass is 10.1. The number of rotatable bonds is 7. The Morgan fingerprint density at radius 3 is 2.55 bits per heavy atom. The van der Waals surface area contributed by atoms with Gasteiger partial charge in [0.2, 0.25) is 0 Å². The maximum atomic E-state index is 13.4. The molecule has 1 N–H and O–H groups in total. The molecule has 2 aromatic rings. The molecule has 0 amide bonds. The van der Waals surface area contributed by atoms with Crippen molar-refractivity contribution in [2.75, 3.05) is 27.3 Å². The Morgan fingerprint density at radius 1 is 1.14 bits per heavy atom. The molecule has 0 bridgehead atoms. The number of ether oxygens (including phenoxy) is 2. The van der Waals surface area contributed by atoms with E-state index in [4.69, 9.17) is 9.47 Å². The maximum absolute atomic E-state index is 13.4. The molecule has 0 atom stereocenters. The summed E-state index contributed by atoms with van der Waals surface area (Å²) < 4.78 is 24.7. The molecule has 1 heterocycles. The van der Waals surface area contributed by atoms with Gasteiger partial charge in [-0.3, -0.25) is 4.99 Å². The van der Waals surface area contributed by atoms with Gasteiger partial charge in [-0.15, -0.1) is 0 Å². The van der Waals surface area contributed by atoms with Gasteiger partial charge >= 0.3 is 0 Å². The number of benzene rings is 2. The largest absolute Gasteiger partial charge is 0.381 e. The van der Waals surface area contributed by atoms with Crippen LogP contribution >= 0.6 is 0 Å². The van der Waals surface area contributed by atoms with Crippen LogP contribution in [0.5, 0.6) is 0 Å². The van der Waals surface area contributed by atoms with Crippen molar-refractivity contribution in [2.45, 2.75) is 38.6 Å². The van der Waals surface area contributed by atoms with E-state index in [1.807, 2.05) is 18.0 Å². The normalized spacial score (nSPS) is 15.3. The van der Waals surface area contributed by atoms with E-state index in [1.54, 1.807) is 19.2 Å². The number of guanidine groups is 1. The summed E-state index contributed by atoms with van der Waals surface area (Å²) in [6.45, 7) is 3.48. The molecule has 6 heteroatoms. The fraction of sp³-hybridized carbons (Fsp3) is 0.435. The molecule has 5 nitrogen and oxygen atoms in total. The smallest absolute Gasteiger partial charge is 0.193 e. The quantitative estimate of drug-likeness (QED) is 0.569. The molecule has 0 unspecified atom stereocenters. The zero-order valence-corrected chi connectivity index (χ0v) is 17.2. The predicted molar refractivity (Wildman–Crippen MR) is 113 cm³/mol. The van der Waals surface area contributed by atoms with E-state index >= 15 is 0 Å². The molecule has 0 radical (unpaired) electrons. The molecule has 0 spiro atoms. The Bertz CT molecular complexity index is 789. The first-order valence-corrected chi connectivity index (χ1v) is 10.1. The van der Waals surface area contributed by atoms with Crippen LogP contribution in [0.1, 0.15) is 29.5 Å². The first-order chi connectivity index (χ1) is 14.1. The second kappa shape index (κ2) is 10.9. The number of hydrogen-bond donors (Lipinski definition) is 1. The van der Waals surface area contributed by atoms with Crippen LogP contribution in [0.25, 0.3) is 0 Å². The highest BCUT2D eigenvalue weighted by atomic mass is 19.1. The standard InChI is InChI=1S/C23H30FN3O2/c1-25-23(27(2)16-20-4-3-5-21(24)14-20)26-15-18-6-8-19(9-7-18)17-29-22-10-12-28-13-11-22/h3-9,14,22H,10-13,15-17H2,1-2H3,(H,25,26). The molecule has 1 saturated heterocycles. The number of aliphatic imine (C=N–C) groups is 1. The molecule has 0 aromatic heterocycles. The van der Waals surface area contributed by atoms with E-state index in [9.17, 15) is 4.39 Å². The lowest BCUT2D eigenvalue weighted by Gasteiger charge is -2.23. The van der Waals surface area contributed by atoms with Crippen molar-refractivity contribution in [3.05, 3.63) is 71.0 Å². The number of halogens is 1. The Labute approximate surface area is 172 Å². The minimum absolute atomic E-state index is 0.222. The molecule has 29 heavy (non-hydrogen) atoms. The van der Waals surface area contributed by atoms with Crippen LogP contribution in [0, 0.1) is 5.82 Å². The molecular weight excluding hydrogens is 369 g/mol. The first kappa shape index (κ1) is 21.3. The highest BCUT2D eigenvalue weighted by Gasteiger charge is 2.14. The third-order valence-electron chi connectivity index (χ3n) is 5.01. The van der Waals surface area contributed by atoms with Gasteiger partial charge < -0.3 is 19.7 Å². The molecule has 1 aliphatic heterocycles. The summed E-state index contributed by atoms with van der Waals surface area (Å²) in [4.78, 5) is 6.30. The molecule has 156 valence electrons. The summed E-state index contributed by atoms with van der Waals surface area (Å²) in [5, 5.41) is 3.36. The zero-order valence-electron chi connectivity index (χ0n) is 17.2. The Morgan fingerprint density at radius 2 is 1.86 bits per heavy atom. The van der Waals surface area contributed by atoms with Crippen LogP contribution in [-0.2, 0) is 29.2 Å². The lowest BCUT2D eigenvalue weighted by molar-refractivity contribution is -0.0390. The molecule has 0 aliphatic carbocycles. The molecular formula is C23H30FN3O2. The second-order valence-electron chi connectivity index (χ2n) is 7.33. The van der Waals surface area contributed by atoms with Gasteiger partial charge in [-0.2, -0.15) is 0 Å². The Kier molecular flexibility index (Phi) is 8.02. The summed E-state index contributed by atoms with van der Waals surface area (Å²) in [5.41, 5.74) is 3.25. The van der Waals surface area contributed by atoms with Crippen LogP contribution in [0.15, 0.2) is 53.5 Å². The van der Waals surface area contributed by atoms with Crippen LogP contribution in [0.3, 0.4) is 0 Å². The third kappa shape index (κ3) is 6.84. The first-order valence-electron chi connectivity index (χ1n) is 10.1. The van der Waals surface area contributed by atoms with Gasteiger partial charge in [0, 0.05) is 40.4 Å². The molecule has 2 aromatic carbocycles. The van der Waals surface area contributed by atoms with Gasteiger partial charge in [0.15, 0.2) is 5.96 Å². The highest BCUT2D eigenvalue weighted by Crippen LogP contribution is 2.14. The van der Waals surface area contributed by atoms with Crippen LogP contribution < -0.4 is 5.32 Å². The average molecular weight is 400 g/mol. The van der Waals surface area contributed by atoms with Crippen LogP contribution in [-0.4, -0.2) is 44.3 Å². The average Bonchev–Trinajstić information content (AvgIpc) is 2.74. The van der Waals surface area contributed by atoms with E-state index in [0.717, 1.165) is 37.6 Å².